The summed E-state index contributed by atoms with van der Waals surface area (Å²) in [5.41, 5.74) is 14.6. The molecule has 0 aliphatic rings. The van der Waals surface area contributed by atoms with E-state index < -0.39 is 0 Å². The van der Waals surface area contributed by atoms with Gasteiger partial charge in [0.1, 0.15) is 5.69 Å². The fraction of sp³-hybridized carbons (Fsp3) is 0. The topological polar surface area (TPSA) is 64.5 Å². The first-order valence-electron chi connectivity index (χ1n) is 20.1. The molecule has 11 rings (SSSR count). The predicted octanol–water partition coefficient (Wildman–Crippen LogP) is 13.8. The molecule has 0 saturated carbocycles. The van der Waals surface area contributed by atoms with Gasteiger partial charge in [-0.1, -0.05) is 164 Å². The van der Waals surface area contributed by atoms with Gasteiger partial charge in [0, 0.05) is 39.2 Å². The molecular formula is C55H35N5. The quantitative estimate of drug-likeness (QED) is 0.151. The maximum absolute atomic E-state index is 5.37. The van der Waals surface area contributed by atoms with Crippen LogP contribution < -0.4 is 0 Å². The van der Waals surface area contributed by atoms with Crippen LogP contribution in [0.15, 0.2) is 212 Å². The standard InChI is InChI=1S/C55H35N5/c1-3-13-38(14-4-1)50-34-47(44-26-23-36-12-7-8-17-42(36)32-44)46-29-27-41-28-30-48(57-53(41)54(46)58-50)45-19-11-18-43(33-45)37-21-24-40(25-22-37)52-35-51(39-15-5-2-6-16-39)59-55(60-52)49-20-9-10-31-56-49/h1-35H. The molecule has 280 valence electrons. The molecule has 0 saturated heterocycles. The minimum Gasteiger partial charge on any atom is -0.253 e. The Labute approximate surface area is 347 Å². The summed E-state index contributed by atoms with van der Waals surface area (Å²) in [6, 6.07) is 71.7. The van der Waals surface area contributed by atoms with Crippen LogP contribution >= 0.6 is 0 Å². The highest BCUT2D eigenvalue weighted by atomic mass is 14.9. The minimum absolute atomic E-state index is 0.593. The summed E-state index contributed by atoms with van der Waals surface area (Å²) in [4.78, 5) is 25.1. The third-order valence-corrected chi connectivity index (χ3v) is 11.1. The van der Waals surface area contributed by atoms with Gasteiger partial charge in [0.05, 0.1) is 33.8 Å². The van der Waals surface area contributed by atoms with E-state index in [0.717, 1.165) is 94.8 Å². The molecule has 5 heteroatoms. The zero-order chi connectivity index (χ0) is 39.8. The van der Waals surface area contributed by atoms with E-state index in [1.165, 1.54) is 10.8 Å². The molecule has 7 aromatic carbocycles. The zero-order valence-electron chi connectivity index (χ0n) is 32.4. The van der Waals surface area contributed by atoms with E-state index >= 15 is 0 Å². The molecule has 0 fully saturated rings. The zero-order valence-corrected chi connectivity index (χ0v) is 32.4. The fourth-order valence-electron chi connectivity index (χ4n) is 8.04. The first-order valence-corrected chi connectivity index (χ1v) is 20.1. The Kier molecular flexibility index (Phi) is 8.75. The smallest absolute Gasteiger partial charge is 0.179 e. The van der Waals surface area contributed by atoms with Gasteiger partial charge >= 0.3 is 0 Å². The van der Waals surface area contributed by atoms with Crippen molar-refractivity contribution in [2.45, 2.75) is 0 Å². The van der Waals surface area contributed by atoms with E-state index in [9.17, 15) is 0 Å². The van der Waals surface area contributed by atoms with Crippen molar-refractivity contribution < 1.29 is 0 Å². The van der Waals surface area contributed by atoms with Crippen molar-refractivity contribution in [1.29, 1.82) is 0 Å². The van der Waals surface area contributed by atoms with Crippen LogP contribution in [-0.2, 0) is 0 Å². The monoisotopic (exact) mass is 765 g/mol. The van der Waals surface area contributed by atoms with Crippen molar-refractivity contribution in [3.05, 3.63) is 212 Å². The molecule has 0 amide bonds. The van der Waals surface area contributed by atoms with Crippen LogP contribution in [0.5, 0.6) is 0 Å². The van der Waals surface area contributed by atoms with Gasteiger partial charge in [-0.05, 0) is 75.5 Å². The number of fused-ring (bicyclic) bond motifs is 4. The number of hydrogen-bond donors (Lipinski definition) is 0. The molecule has 0 aliphatic carbocycles. The first kappa shape index (κ1) is 35.0. The van der Waals surface area contributed by atoms with Crippen LogP contribution in [0.4, 0.5) is 0 Å². The molecule has 0 spiro atoms. The van der Waals surface area contributed by atoms with Gasteiger partial charge in [0.2, 0.25) is 0 Å². The predicted molar refractivity (Wildman–Crippen MR) is 246 cm³/mol. The second-order valence-corrected chi connectivity index (χ2v) is 14.9. The van der Waals surface area contributed by atoms with Crippen molar-refractivity contribution in [2.24, 2.45) is 0 Å². The van der Waals surface area contributed by atoms with Crippen LogP contribution in [0.3, 0.4) is 0 Å². The normalized spacial score (nSPS) is 11.3. The second kappa shape index (κ2) is 15.0. The Bertz CT molecular complexity index is 3290. The fourth-order valence-corrected chi connectivity index (χ4v) is 8.04. The molecule has 0 unspecified atom stereocenters. The molecule has 11 aromatic rings. The SMILES string of the molecule is c1ccc(-c2cc(-c3ccc(-c4cccc(-c5ccc6ccc7c(-c8ccc9ccccc9c8)cc(-c8ccccc8)nc7c6n5)c4)cc3)nc(-c3ccccn3)n2)cc1. The Hall–Kier alpha value is -8.15. The van der Waals surface area contributed by atoms with Crippen molar-refractivity contribution >= 4 is 32.6 Å². The van der Waals surface area contributed by atoms with Crippen molar-refractivity contribution in [1.82, 2.24) is 24.9 Å². The number of benzene rings is 7. The molecule has 0 bridgehead atoms. The minimum atomic E-state index is 0.593. The number of rotatable bonds is 7. The van der Waals surface area contributed by atoms with Gasteiger partial charge < -0.3 is 0 Å². The lowest BCUT2D eigenvalue weighted by Gasteiger charge is -2.14. The van der Waals surface area contributed by atoms with Crippen molar-refractivity contribution in [2.75, 3.05) is 0 Å². The Morgan fingerprint density at radius 2 is 0.850 bits per heavy atom. The van der Waals surface area contributed by atoms with E-state index in [1.54, 1.807) is 6.20 Å². The highest BCUT2D eigenvalue weighted by molar-refractivity contribution is 6.10. The summed E-state index contributed by atoms with van der Waals surface area (Å²) in [6.45, 7) is 0. The Morgan fingerprint density at radius 1 is 0.267 bits per heavy atom. The maximum atomic E-state index is 5.37. The Balaban J connectivity index is 0.979. The molecule has 0 aliphatic heterocycles. The third kappa shape index (κ3) is 6.64. The summed E-state index contributed by atoms with van der Waals surface area (Å²) in [7, 11) is 0. The highest BCUT2D eigenvalue weighted by Crippen LogP contribution is 2.37. The van der Waals surface area contributed by atoms with Gasteiger partial charge in [-0.25, -0.2) is 19.9 Å². The number of pyridine rings is 3. The van der Waals surface area contributed by atoms with Gasteiger partial charge in [0.15, 0.2) is 5.82 Å². The summed E-state index contributed by atoms with van der Waals surface area (Å²) < 4.78 is 0. The molecule has 5 nitrogen and oxygen atoms in total. The van der Waals surface area contributed by atoms with Crippen LogP contribution in [-0.4, -0.2) is 24.9 Å². The van der Waals surface area contributed by atoms with Crippen LogP contribution in [0.25, 0.3) is 111 Å². The van der Waals surface area contributed by atoms with Gasteiger partial charge in [-0.3, -0.25) is 4.98 Å². The summed E-state index contributed by atoms with van der Waals surface area (Å²) in [5, 5.41) is 4.54. The Morgan fingerprint density at radius 3 is 1.60 bits per heavy atom. The summed E-state index contributed by atoms with van der Waals surface area (Å²) in [6.07, 6.45) is 1.77. The van der Waals surface area contributed by atoms with E-state index in [1.807, 2.05) is 42.5 Å². The molecule has 4 heterocycles. The average molecular weight is 766 g/mol. The third-order valence-electron chi connectivity index (χ3n) is 11.1. The average Bonchev–Trinajstić information content (AvgIpc) is 3.34. The van der Waals surface area contributed by atoms with Gasteiger partial charge in [0.25, 0.3) is 0 Å². The number of hydrogen-bond acceptors (Lipinski definition) is 5. The molecule has 4 aromatic heterocycles. The van der Waals surface area contributed by atoms with E-state index in [4.69, 9.17) is 19.9 Å². The molecule has 0 N–H and O–H groups in total. The van der Waals surface area contributed by atoms with Crippen LogP contribution in [0.2, 0.25) is 0 Å². The maximum Gasteiger partial charge on any atom is 0.179 e. The van der Waals surface area contributed by atoms with Crippen molar-refractivity contribution in [3.63, 3.8) is 0 Å². The van der Waals surface area contributed by atoms with E-state index in [-0.39, 0.29) is 0 Å². The highest BCUT2D eigenvalue weighted by Gasteiger charge is 2.16. The lowest BCUT2D eigenvalue weighted by Crippen LogP contribution is -1.97. The summed E-state index contributed by atoms with van der Waals surface area (Å²) >= 11 is 0. The van der Waals surface area contributed by atoms with Crippen molar-refractivity contribution in [3.8, 4) is 78.8 Å². The number of nitrogens with zero attached hydrogens (tertiary/aromatic N) is 5. The molecule has 0 atom stereocenters. The van der Waals surface area contributed by atoms with Gasteiger partial charge in [-0.2, -0.15) is 0 Å². The van der Waals surface area contributed by atoms with E-state index in [2.05, 4.69) is 169 Å². The summed E-state index contributed by atoms with van der Waals surface area (Å²) in [5.74, 6) is 0.593. The van der Waals surface area contributed by atoms with Crippen LogP contribution in [0, 0.1) is 0 Å². The number of aromatic nitrogens is 5. The largest absolute Gasteiger partial charge is 0.253 e. The van der Waals surface area contributed by atoms with Gasteiger partial charge in [-0.15, -0.1) is 0 Å². The lowest BCUT2D eigenvalue weighted by atomic mass is 9.95. The first-order chi connectivity index (χ1) is 29.7. The molecule has 60 heavy (non-hydrogen) atoms. The van der Waals surface area contributed by atoms with Crippen LogP contribution in [0.1, 0.15) is 0 Å². The lowest BCUT2D eigenvalue weighted by molar-refractivity contribution is 1.15. The molecular weight excluding hydrogens is 731 g/mol. The molecule has 0 radical (unpaired) electrons. The second-order valence-electron chi connectivity index (χ2n) is 14.9. The van der Waals surface area contributed by atoms with E-state index in [0.29, 0.717) is 5.82 Å².